The molecule has 2 heteroatoms. The molecule has 9 atom stereocenters. The van der Waals surface area contributed by atoms with Crippen LogP contribution in [0, 0.1) is 52.3 Å². The van der Waals surface area contributed by atoms with Gasteiger partial charge in [-0.25, -0.2) is 0 Å². The van der Waals surface area contributed by atoms with Gasteiger partial charge in [-0.3, -0.25) is 0 Å². The lowest BCUT2D eigenvalue weighted by Gasteiger charge is -2.58. The summed E-state index contributed by atoms with van der Waals surface area (Å²) in [5.74, 6) is 6.10. The lowest BCUT2D eigenvalue weighted by Crippen LogP contribution is -2.50. The van der Waals surface area contributed by atoms with Gasteiger partial charge in [0.2, 0.25) is 0 Å². The molecule has 0 saturated heterocycles. The summed E-state index contributed by atoms with van der Waals surface area (Å²) in [6.45, 7) is 22.4. The van der Waals surface area contributed by atoms with Crippen molar-refractivity contribution in [1.29, 1.82) is 0 Å². The smallest absolute Gasteiger partial charge is 0.184 e. The third-order valence-corrected chi connectivity index (χ3v) is 12.6. The number of hydrogen-bond donors (Lipinski definition) is 0. The fourth-order valence-corrected chi connectivity index (χ4v) is 10.3. The Bertz CT molecular complexity index is 719. The maximum absolute atomic E-state index is 6.61. The van der Waals surface area contributed by atoms with Crippen LogP contribution in [-0.4, -0.2) is 14.4 Å². The number of hydrogen-bond acceptors (Lipinski definition) is 1. The highest BCUT2D eigenvalue weighted by Crippen LogP contribution is 2.67. The Morgan fingerprint density at radius 3 is 2.24 bits per heavy atom. The summed E-state index contributed by atoms with van der Waals surface area (Å²) in [7, 11) is -1.44. The molecule has 33 heavy (non-hydrogen) atoms. The molecule has 0 aromatic heterocycles. The van der Waals surface area contributed by atoms with Crippen molar-refractivity contribution < 1.29 is 4.43 Å². The average Bonchev–Trinajstić information content (AvgIpc) is 3.08. The summed E-state index contributed by atoms with van der Waals surface area (Å²) >= 11 is 0. The Labute approximate surface area is 208 Å². The minimum atomic E-state index is -1.44. The average molecular weight is 473 g/mol. The molecule has 0 aliphatic heterocycles. The maximum atomic E-state index is 6.61. The monoisotopic (exact) mass is 472 g/mol. The lowest BCUT2D eigenvalue weighted by molar-refractivity contribution is -0.0385. The van der Waals surface area contributed by atoms with Gasteiger partial charge in [0.25, 0.3) is 0 Å². The van der Waals surface area contributed by atoms with Crippen molar-refractivity contribution in [1.82, 2.24) is 0 Å². The normalized spacial score (nSPS) is 42.8. The minimum absolute atomic E-state index is 0.529. The fraction of sp³-hybridized carbons (Fsp3) is 0.935. The van der Waals surface area contributed by atoms with Gasteiger partial charge in [0.15, 0.2) is 8.32 Å². The van der Waals surface area contributed by atoms with Gasteiger partial charge >= 0.3 is 0 Å². The Morgan fingerprint density at radius 2 is 1.58 bits per heavy atom. The van der Waals surface area contributed by atoms with E-state index in [-0.39, 0.29) is 0 Å². The first-order valence-corrected chi connectivity index (χ1v) is 18.1. The predicted molar refractivity (Wildman–Crippen MR) is 146 cm³/mol. The second kappa shape index (κ2) is 9.42. The van der Waals surface area contributed by atoms with Crippen LogP contribution in [0.5, 0.6) is 0 Å². The van der Waals surface area contributed by atoms with E-state index in [1.165, 1.54) is 64.2 Å². The van der Waals surface area contributed by atoms with Gasteiger partial charge in [-0.1, -0.05) is 66.0 Å². The van der Waals surface area contributed by atoms with Crippen molar-refractivity contribution in [3.05, 3.63) is 11.6 Å². The van der Waals surface area contributed by atoms with E-state index >= 15 is 0 Å². The van der Waals surface area contributed by atoms with Crippen molar-refractivity contribution in [2.45, 2.75) is 131 Å². The molecule has 0 spiro atoms. The third-order valence-electron chi connectivity index (χ3n) is 11.5. The van der Waals surface area contributed by atoms with Gasteiger partial charge in [0.1, 0.15) is 0 Å². The molecule has 0 aromatic carbocycles. The molecule has 3 saturated carbocycles. The van der Waals surface area contributed by atoms with Crippen molar-refractivity contribution in [3.63, 3.8) is 0 Å². The van der Waals surface area contributed by atoms with E-state index in [0.717, 1.165) is 41.4 Å². The van der Waals surface area contributed by atoms with Crippen LogP contribution in [0.2, 0.25) is 19.6 Å². The number of fused-ring (bicyclic) bond motifs is 5. The van der Waals surface area contributed by atoms with Crippen LogP contribution in [0.25, 0.3) is 0 Å². The summed E-state index contributed by atoms with van der Waals surface area (Å²) in [6.07, 6.45) is 17.4. The molecule has 0 radical (unpaired) electrons. The molecule has 0 amide bonds. The van der Waals surface area contributed by atoms with E-state index < -0.39 is 8.32 Å². The summed E-state index contributed by atoms with van der Waals surface area (Å²) in [5.41, 5.74) is 3.02. The Kier molecular flexibility index (Phi) is 7.42. The fourth-order valence-electron chi connectivity index (χ4n) is 9.12. The largest absolute Gasteiger partial charge is 0.415 e. The van der Waals surface area contributed by atoms with Gasteiger partial charge in [-0.2, -0.15) is 0 Å². The van der Waals surface area contributed by atoms with Crippen LogP contribution < -0.4 is 0 Å². The van der Waals surface area contributed by atoms with Crippen molar-refractivity contribution >= 4 is 8.32 Å². The Balaban J connectivity index is 1.46. The summed E-state index contributed by atoms with van der Waals surface area (Å²) in [6, 6.07) is 0. The first-order chi connectivity index (χ1) is 15.3. The third kappa shape index (κ3) is 4.96. The molecular formula is C31H56OSi. The van der Waals surface area contributed by atoms with Crippen molar-refractivity contribution in [3.8, 4) is 0 Å². The summed E-state index contributed by atoms with van der Waals surface area (Å²) in [4.78, 5) is 0. The van der Waals surface area contributed by atoms with Crippen LogP contribution in [0.15, 0.2) is 11.6 Å². The van der Waals surface area contributed by atoms with Gasteiger partial charge in [-0.15, -0.1) is 0 Å². The molecule has 4 aliphatic rings. The number of allylic oxidation sites excluding steroid dienone is 2. The molecule has 190 valence electrons. The first kappa shape index (κ1) is 26.0. The highest BCUT2D eigenvalue weighted by molar-refractivity contribution is 6.69. The van der Waals surface area contributed by atoms with E-state index in [2.05, 4.69) is 67.3 Å². The topological polar surface area (TPSA) is 9.23 Å². The van der Waals surface area contributed by atoms with Crippen LogP contribution in [0.3, 0.4) is 0 Å². The van der Waals surface area contributed by atoms with Gasteiger partial charge in [-0.05, 0) is 123 Å². The van der Waals surface area contributed by atoms with Gasteiger partial charge in [0, 0.05) is 6.10 Å². The Morgan fingerprint density at radius 1 is 0.909 bits per heavy atom. The molecule has 0 heterocycles. The minimum Gasteiger partial charge on any atom is -0.415 e. The first-order valence-electron chi connectivity index (χ1n) is 14.7. The molecule has 1 nitrogen and oxygen atoms in total. The van der Waals surface area contributed by atoms with Crippen LogP contribution in [0.1, 0.15) is 106 Å². The molecule has 4 aliphatic carbocycles. The Hall–Kier alpha value is -0.0831. The zero-order valence-corrected chi connectivity index (χ0v) is 24.7. The second-order valence-electron chi connectivity index (χ2n) is 14.9. The zero-order chi connectivity index (χ0) is 24.2. The van der Waals surface area contributed by atoms with Crippen LogP contribution in [0.4, 0.5) is 0 Å². The SMILES string of the molecule is CC(C)[C@@H](C)CC[C@@H](C)[C@H]1CC[C@H]2C3=CCC4C[C@@H](O[Si](C)(C)C)CC[C@]4(C)[C@H]3CC[C@]12C. The highest BCUT2D eigenvalue weighted by Gasteiger charge is 2.58. The predicted octanol–water partition coefficient (Wildman–Crippen LogP) is 9.49. The van der Waals surface area contributed by atoms with Crippen LogP contribution >= 0.6 is 0 Å². The van der Waals surface area contributed by atoms with Crippen molar-refractivity contribution in [2.75, 3.05) is 0 Å². The number of rotatable bonds is 7. The van der Waals surface area contributed by atoms with Crippen molar-refractivity contribution in [2.24, 2.45) is 52.3 Å². The molecule has 0 N–H and O–H groups in total. The quantitative estimate of drug-likeness (QED) is 0.265. The van der Waals surface area contributed by atoms with Gasteiger partial charge in [0.05, 0.1) is 0 Å². The van der Waals surface area contributed by atoms with E-state index in [1.54, 1.807) is 0 Å². The molecule has 0 aromatic rings. The molecule has 3 fully saturated rings. The zero-order valence-electron chi connectivity index (χ0n) is 23.7. The van der Waals surface area contributed by atoms with Gasteiger partial charge < -0.3 is 4.43 Å². The summed E-state index contributed by atoms with van der Waals surface area (Å²) < 4.78 is 6.61. The molecule has 0 bridgehead atoms. The van der Waals surface area contributed by atoms with E-state index in [9.17, 15) is 0 Å². The maximum Gasteiger partial charge on any atom is 0.184 e. The van der Waals surface area contributed by atoms with E-state index in [4.69, 9.17) is 4.43 Å². The standard InChI is InChI=1S/C31H56OSi/c1-21(2)22(3)10-11-23(4)27-14-15-28-26-13-12-24-20-25(32-33(7,8)9)16-18-30(24,5)29(26)17-19-31(27,28)6/h13,21-25,27-29H,10-12,14-20H2,1-9H3/t22-,23+,24?,25-,27+,28-,29-,30-,31+/m0/s1. The van der Waals surface area contributed by atoms with E-state index in [0.29, 0.717) is 16.9 Å². The molecule has 4 rings (SSSR count). The molecular weight excluding hydrogens is 416 g/mol. The molecule has 1 unspecified atom stereocenters. The second-order valence-corrected chi connectivity index (χ2v) is 19.3. The lowest BCUT2D eigenvalue weighted by atomic mass is 9.47. The highest BCUT2D eigenvalue weighted by atomic mass is 28.4. The summed E-state index contributed by atoms with van der Waals surface area (Å²) in [5, 5.41) is 0. The van der Waals surface area contributed by atoms with Crippen LogP contribution in [-0.2, 0) is 4.43 Å². The van der Waals surface area contributed by atoms with E-state index in [1.807, 2.05) is 5.57 Å².